The average molecular weight is 203 g/mol. The summed E-state index contributed by atoms with van der Waals surface area (Å²) in [6.45, 7) is 0. The molecule has 0 aromatic heterocycles. The lowest BCUT2D eigenvalue weighted by Gasteiger charge is -2.06. The first-order valence-corrected chi connectivity index (χ1v) is 4.15. The van der Waals surface area contributed by atoms with Gasteiger partial charge in [0.05, 0.1) is 13.2 Å². The van der Waals surface area contributed by atoms with E-state index in [4.69, 9.17) is 10.00 Å². The number of ether oxygens (including phenoxy) is 1. The number of phenolic OH excluding ortho intramolecular Hbond substituents is 1. The van der Waals surface area contributed by atoms with Gasteiger partial charge in [-0.2, -0.15) is 5.26 Å². The van der Waals surface area contributed by atoms with Crippen molar-refractivity contribution >= 4 is 12.4 Å². The predicted octanol–water partition coefficient (Wildman–Crippen LogP) is 1.75. The Morgan fingerprint density at radius 1 is 1.47 bits per heavy atom. The summed E-state index contributed by atoms with van der Waals surface area (Å²) >= 11 is 0. The van der Waals surface area contributed by atoms with Crippen LogP contribution in [0, 0.1) is 11.3 Å². The molecule has 0 aliphatic carbocycles. The van der Waals surface area contributed by atoms with Gasteiger partial charge in [-0.1, -0.05) is 0 Å². The van der Waals surface area contributed by atoms with E-state index in [2.05, 4.69) is 0 Å². The van der Waals surface area contributed by atoms with E-state index in [9.17, 15) is 9.90 Å². The van der Waals surface area contributed by atoms with Crippen molar-refractivity contribution in [2.45, 2.75) is 0 Å². The quantitative estimate of drug-likeness (QED) is 0.600. The summed E-state index contributed by atoms with van der Waals surface area (Å²) in [5.74, 6) is 0.159. The molecule has 0 saturated carbocycles. The van der Waals surface area contributed by atoms with Crippen LogP contribution < -0.4 is 4.74 Å². The molecule has 1 rings (SSSR count). The van der Waals surface area contributed by atoms with E-state index in [-0.39, 0.29) is 11.5 Å². The van der Waals surface area contributed by atoms with Crippen LogP contribution in [0.3, 0.4) is 0 Å². The zero-order valence-corrected chi connectivity index (χ0v) is 8.10. The molecule has 0 amide bonds. The van der Waals surface area contributed by atoms with Crippen LogP contribution in [0.1, 0.15) is 15.9 Å². The first kappa shape index (κ1) is 10.8. The number of rotatable bonds is 3. The highest BCUT2D eigenvalue weighted by Crippen LogP contribution is 2.29. The predicted molar refractivity (Wildman–Crippen MR) is 54.7 cm³/mol. The molecule has 1 aromatic carbocycles. The molecular weight excluding hydrogens is 194 g/mol. The maximum absolute atomic E-state index is 10.7. The molecule has 76 valence electrons. The summed E-state index contributed by atoms with van der Waals surface area (Å²) in [4.78, 5) is 10.7. The first-order chi connectivity index (χ1) is 7.22. The number of nitrogens with zero attached hydrogens (tertiary/aromatic N) is 1. The van der Waals surface area contributed by atoms with Crippen molar-refractivity contribution < 1.29 is 14.6 Å². The molecule has 0 saturated heterocycles. The SMILES string of the molecule is COc1cc(C=CC#N)c(C=O)cc1O. The van der Waals surface area contributed by atoms with Gasteiger partial charge in [0.1, 0.15) is 0 Å². The summed E-state index contributed by atoms with van der Waals surface area (Å²) in [7, 11) is 1.41. The molecule has 15 heavy (non-hydrogen) atoms. The Balaban J connectivity index is 3.29. The molecule has 4 nitrogen and oxygen atoms in total. The summed E-state index contributed by atoms with van der Waals surface area (Å²) in [5, 5.41) is 17.8. The molecule has 0 aliphatic heterocycles. The lowest BCUT2D eigenvalue weighted by Crippen LogP contribution is -1.90. The molecule has 0 unspecified atom stereocenters. The maximum Gasteiger partial charge on any atom is 0.161 e. The summed E-state index contributed by atoms with van der Waals surface area (Å²) in [6, 6.07) is 4.61. The fourth-order valence-electron chi connectivity index (χ4n) is 1.14. The number of hydrogen-bond acceptors (Lipinski definition) is 4. The highest BCUT2D eigenvalue weighted by Gasteiger charge is 2.06. The van der Waals surface area contributed by atoms with Crippen molar-refractivity contribution in [3.05, 3.63) is 29.3 Å². The lowest BCUT2D eigenvalue weighted by atomic mass is 10.1. The van der Waals surface area contributed by atoms with E-state index in [0.717, 1.165) is 0 Å². The lowest BCUT2D eigenvalue weighted by molar-refractivity contribution is 0.112. The average Bonchev–Trinajstić information content (AvgIpc) is 2.26. The standard InChI is InChI=1S/C11H9NO3/c1-15-11-6-8(3-2-4-12)9(7-13)5-10(11)14/h2-3,5-7,14H,1H3. The number of methoxy groups -OCH3 is 1. The second-order valence-electron chi connectivity index (χ2n) is 2.73. The largest absolute Gasteiger partial charge is 0.504 e. The molecule has 0 bridgehead atoms. The molecule has 1 aromatic rings. The Kier molecular flexibility index (Phi) is 3.47. The highest BCUT2D eigenvalue weighted by molar-refractivity contribution is 5.83. The number of carbonyl (C=O) groups is 1. The van der Waals surface area contributed by atoms with Crippen LogP contribution in [0.15, 0.2) is 18.2 Å². The van der Waals surface area contributed by atoms with Gasteiger partial charge in [0.2, 0.25) is 0 Å². The third kappa shape index (κ3) is 2.35. The monoisotopic (exact) mass is 203 g/mol. The molecule has 0 spiro atoms. The van der Waals surface area contributed by atoms with Gasteiger partial charge in [0.25, 0.3) is 0 Å². The molecule has 0 fully saturated rings. The maximum atomic E-state index is 10.7. The van der Waals surface area contributed by atoms with Crippen molar-refractivity contribution in [1.82, 2.24) is 0 Å². The van der Waals surface area contributed by atoms with Crippen LogP contribution in [0.2, 0.25) is 0 Å². The van der Waals surface area contributed by atoms with Crippen LogP contribution in [0.25, 0.3) is 6.08 Å². The molecule has 1 N–H and O–H groups in total. The third-order valence-corrected chi connectivity index (χ3v) is 1.85. The van der Waals surface area contributed by atoms with E-state index >= 15 is 0 Å². The number of aldehydes is 1. The Morgan fingerprint density at radius 2 is 2.20 bits per heavy atom. The van der Waals surface area contributed by atoms with Crippen molar-refractivity contribution in [3.8, 4) is 17.6 Å². The smallest absolute Gasteiger partial charge is 0.161 e. The number of benzene rings is 1. The second kappa shape index (κ2) is 4.82. The van der Waals surface area contributed by atoms with Gasteiger partial charge in [-0.05, 0) is 23.8 Å². The minimum atomic E-state index is -0.103. The molecule has 0 atom stereocenters. The van der Waals surface area contributed by atoms with Crippen LogP contribution in [0.5, 0.6) is 11.5 Å². The summed E-state index contributed by atoms with van der Waals surface area (Å²) < 4.78 is 4.88. The van der Waals surface area contributed by atoms with Gasteiger partial charge in [0.15, 0.2) is 17.8 Å². The van der Waals surface area contributed by atoms with Crippen molar-refractivity contribution in [3.63, 3.8) is 0 Å². The van der Waals surface area contributed by atoms with Crippen molar-refractivity contribution in [1.29, 1.82) is 5.26 Å². The number of phenols is 1. The van der Waals surface area contributed by atoms with Gasteiger partial charge in [0, 0.05) is 11.6 Å². The summed E-state index contributed by atoms with van der Waals surface area (Å²) in [5.41, 5.74) is 0.834. The zero-order chi connectivity index (χ0) is 11.3. The summed E-state index contributed by atoms with van der Waals surface area (Å²) in [6.07, 6.45) is 3.33. The minimum Gasteiger partial charge on any atom is -0.504 e. The van der Waals surface area contributed by atoms with E-state index in [0.29, 0.717) is 17.4 Å². The molecular formula is C11H9NO3. The fraction of sp³-hybridized carbons (Fsp3) is 0.0909. The Hall–Kier alpha value is -2.28. The molecule has 4 heteroatoms. The number of hydrogen-bond donors (Lipinski definition) is 1. The van der Waals surface area contributed by atoms with Gasteiger partial charge in [-0.15, -0.1) is 0 Å². The topological polar surface area (TPSA) is 70.3 Å². The van der Waals surface area contributed by atoms with E-state index in [1.807, 2.05) is 6.07 Å². The van der Waals surface area contributed by atoms with Gasteiger partial charge >= 0.3 is 0 Å². The zero-order valence-electron chi connectivity index (χ0n) is 8.10. The van der Waals surface area contributed by atoms with Crippen molar-refractivity contribution in [2.24, 2.45) is 0 Å². The van der Waals surface area contributed by atoms with E-state index in [1.54, 1.807) is 0 Å². The van der Waals surface area contributed by atoms with Crippen LogP contribution in [0.4, 0.5) is 0 Å². The van der Waals surface area contributed by atoms with Gasteiger partial charge in [-0.25, -0.2) is 0 Å². The Morgan fingerprint density at radius 3 is 2.73 bits per heavy atom. The Labute approximate surface area is 87.0 Å². The molecule has 0 aliphatic rings. The number of carbonyl (C=O) groups excluding carboxylic acids is 1. The number of nitriles is 1. The van der Waals surface area contributed by atoms with Crippen molar-refractivity contribution in [2.75, 3.05) is 7.11 Å². The van der Waals surface area contributed by atoms with Crippen LogP contribution in [-0.2, 0) is 0 Å². The van der Waals surface area contributed by atoms with Crippen LogP contribution in [-0.4, -0.2) is 18.5 Å². The second-order valence-corrected chi connectivity index (χ2v) is 2.73. The highest BCUT2D eigenvalue weighted by atomic mass is 16.5. The minimum absolute atomic E-state index is 0.103. The Bertz CT molecular complexity index is 444. The number of allylic oxidation sites excluding steroid dienone is 1. The fourth-order valence-corrected chi connectivity index (χ4v) is 1.14. The van der Waals surface area contributed by atoms with Gasteiger partial charge < -0.3 is 9.84 Å². The van der Waals surface area contributed by atoms with E-state index < -0.39 is 0 Å². The van der Waals surface area contributed by atoms with Gasteiger partial charge in [-0.3, -0.25) is 4.79 Å². The molecule has 0 heterocycles. The third-order valence-electron chi connectivity index (χ3n) is 1.85. The number of aromatic hydroxyl groups is 1. The van der Waals surface area contributed by atoms with E-state index in [1.165, 1.54) is 31.4 Å². The van der Waals surface area contributed by atoms with Crippen LogP contribution >= 0.6 is 0 Å². The first-order valence-electron chi connectivity index (χ1n) is 4.15. The normalized spacial score (nSPS) is 9.87. The molecule has 0 radical (unpaired) electrons.